The molecule has 134 valence electrons. The van der Waals surface area contributed by atoms with Crippen molar-refractivity contribution in [3.05, 3.63) is 60.2 Å². The Morgan fingerprint density at radius 1 is 1.19 bits per heavy atom. The van der Waals surface area contributed by atoms with E-state index in [2.05, 4.69) is 25.6 Å². The van der Waals surface area contributed by atoms with Crippen LogP contribution >= 0.6 is 11.8 Å². The van der Waals surface area contributed by atoms with E-state index < -0.39 is 0 Å². The van der Waals surface area contributed by atoms with Gasteiger partial charge in [0.05, 0.1) is 11.4 Å². The van der Waals surface area contributed by atoms with E-state index in [4.69, 9.17) is 0 Å². The number of thioether (sulfide) groups is 1. The average molecular weight is 368 g/mol. The van der Waals surface area contributed by atoms with Crippen molar-refractivity contribution >= 4 is 17.7 Å². The highest BCUT2D eigenvalue weighted by molar-refractivity contribution is 7.98. The Labute approximate surface area is 156 Å². The summed E-state index contributed by atoms with van der Waals surface area (Å²) in [6.45, 7) is 3.99. The lowest BCUT2D eigenvalue weighted by atomic mass is 10.2. The van der Waals surface area contributed by atoms with Crippen LogP contribution in [0, 0.1) is 0 Å². The van der Waals surface area contributed by atoms with Gasteiger partial charge in [-0.05, 0) is 31.5 Å². The second-order valence-electron chi connectivity index (χ2n) is 5.73. The van der Waals surface area contributed by atoms with Crippen molar-refractivity contribution in [2.24, 2.45) is 0 Å². The molecule has 3 aromatic rings. The number of nitrogens with one attached hydrogen (secondary N) is 1. The first-order chi connectivity index (χ1) is 12.7. The van der Waals surface area contributed by atoms with Crippen LogP contribution < -0.4 is 5.32 Å². The highest BCUT2D eigenvalue weighted by atomic mass is 32.2. The molecule has 0 radical (unpaired) electrons. The predicted octanol–water partition coefficient (Wildman–Crippen LogP) is 2.88. The Bertz CT molecular complexity index is 853. The summed E-state index contributed by atoms with van der Waals surface area (Å²) in [5, 5.41) is 11.9. The molecule has 1 aromatic carbocycles. The SMILES string of the molecule is CCC(C)NC(=O)c1nnn(-c2ccccc2)c1CSc1ncccn1. The average Bonchev–Trinajstić information content (AvgIpc) is 3.11. The lowest BCUT2D eigenvalue weighted by Crippen LogP contribution is -2.32. The standard InChI is InChI=1S/C18H20N6OS/c1-3-13(2)21-17(25)16-15(12-26-18-19-10-7-11-20-18)24(23-22-16)14-8-5-4-6-9-14/h4-11,13H,3,12H2,1-2H3,(H,21,25). The van der Waals surface area contributed by atoms with E-state index in [9.17, 15) is 4.79 Å². The van der Waals surface area contributed by atoms with Gasteiger partial charge in [0.1, 0.15) is 0 Å². The quantitative estimate of drug-likeness (QED) is 0.510. The number of carbonyl (C=O) groups is 1. The molecule has 1 amide bonds. The van der Waals surface area contributed by atoms with Crippen molar-refractivity contribution in [2.75, 3.05) is 0 Å². The first kappa shape index (κ1) is 18.1. The Morgan fingerprint density at radius 2 is 1.92 bits per heavy atom. The van der Waals surface area contributed by atoms with Crippen LogP contribution in [-0.2, 0) is 5.75 Å². The number of hydrogen-bond donors (Lipinski definition) is 1. The Hall–Kier alpha value is -2.74. The molecular formula is C18H20N6OS. The van der Waals surface area contributed by atoms with Crippen molar-refractivity contribution in [1.29, 1.82) is 0 Å². The van der Waals surface area contributed by atoms with Crippen LogP contribution in [0.15, 0.2) is 53.9 Å². The number of rotatable bonds is 7. The van der Waals surface area contributed by atoms with Gasteiger partial charge in [0.25, 0.3) is 5.91 Å². The summed E-state index contributed by atoms with van der Waals surface area (Å²) in [5.74, 6) is 0.265. The minimum Gasteiger partial charge on any atom is -0.348 e. The monoisotopic (exact) mass is 368 g/mol. The van der Waals surface area contributed by atoms with Gasteiger partial charge in [0.2, 0.25) is 0 Å². The number of hydrogen-bond acceptors (Lipinski definition) is 6. The number of amides is 1. The molecule has 0 spiro atoms. The zero-order valence-electron chi connectivity index (χ0n) is 14.7. The lowest BCUT2D eigenvalue weighted by Gasteiger charge is -2.11. The van der Waals surface area contributed by atoms with Gasteiger partial charge < -0.3 is 5.32 Å². The highest BCUT2D eigenvalue weighted by Gasteiger charge is 2.22. The summed E-state index contributed by atoms with van der Waals surface area (Å²) >= 11 is 1.44. The van der Waals surface area contributed by atoms with Gasteiger partial charge >= 0.3 is 0 Å². The molecule has 0 aliphatic heterocycles. The van der Waals surface area contributed by atoms with Crippen molar-refractivity contribution in [3.63, 3.8) is 0 Å². The van der Waals surface area contributed by atoms with E-state index >= 15 is 0 Å². The predicted molar refractivity (Wildman–Crippen MR) is 100 cm³/mol. The molecule has 26 heavy (non-hydrogen) atoms. The van der Waals surface area contributed by atoms with E-state index in [0.29, 0.717) is 16.6 Å². The fourth-order valence-corrected chi connectivity index (χ4v) is 3.07. The molecule has 1 unspecified atom stereocenters. The molecule has 0 aliphatic carbocycles. The topological polar surface area (TPSA) is 85.6 Å². The van der Waals surface area contributed by atoms with Crippen LogP contribution in [0.4, 0.5) is 0 Å². The van der Waals surface area contributed by atoms with Crippen LogP contribution in [0.25, 0.3) is 5.69 Å². The van der Waals surface area contributed by atoms with Gasteiger partial charge in [-0.15, -0.1) is 5.10 Å². The maximum absolute atomic E-state index is 12.6. The van der Waals surface area contributed by atoms with Gasteiger partial charge in [0, 0.05) is 24.2 Å². The van der Waals surface area contributed by atoms with E-state index in [1.165, 1.54) is 11.8 Å². The molecular weight excluding hydrogens is 348 g/mol. The second-order valence-corrected chi connectivity index (χ2v) is 6.68. The van der Waals surface area contributed by atoms with Crippen molar-refractivity contribution in [2.45, 2.75) is 37.2 Å². The van der Waals surface area contributed by atoms with Crippen molar-refractivity contribution in [3.8, 4) is 5.69 Å². The van der Waals surface area contributed by atoms with Crippen LogP contribution in [0.2, 0.25) is 0 Å². The summed E-state index contributed by atoms with van der Waals surface area (Å²) in [7, 11) is 0. The maximum atomic E-state index is 12.6. The van der Waals surface area contributed by atoms with Gasteiger partial charge in [-0.1, -0.05) is 42.1 Å². The molecule has 0 fully saturated rings. The van der Waals surface area contributed by atoms with E-state index in [1.54, 1.807) is 23.1 Å². The van der Waals surface area contributed by atoms with Crippen LogP contribution in [-0.4, -0.2) is 36.9 Å². The molecule has 3 rings (SSSR count). The molecule has 7 nitrogen and oxygen atoms in total. The molecule has 0 aliphatic rings. The molecule has 8 heteroatoms. The van der Waals surface area contributed by atoms with E-state index in [-0.39, 0.29) is 11.9 Å². The number of benzene rings is 1. The molecule has 0 saturated heterocycles. The maximum Gasteiger partial charge on any atom is 0.274 e. The number of nitrogens with zero attached hydrogens (tertiary/aromatic N) is 5. The fraction of sp³-hybridized carbons (Fsp3) is 0.278. The first-order valence-corrected chi connectivity index (χ1v) is 9.38. The third kappa shape index (κ3) is 4.26. The van der Waals surface area contributed by atoms with Gasteiger partial charge in [-0.3, -0.25) is 4.79 Å². The summed E-state index contributed by atoms with van der Waals surface area (Å²) in [5.41, 5.74) is 1.90. The van der Waals surface area contributed by atoms with Crippen LogP contribution in [0.1, 0.15) is 36.5 Å². The normalized spacial score (nSPS) is 11.9. The largest absolute Gasteiger partial charge is 0.348 e. The fourth-order valence-electron chi connectivity index (χ4n) is 2.27. The van der Waals surface area contributed by atoms with Crippen LogP contribution in [0.3, 0.4) is 0 Å². The number of para-hydroxylation sites is 1. The summed E-state index contributed by atoms with van der Waals surface area (Å²) in [6.07, 6.45) is 4.23. The van der Waals surface area contributed by atoms with Crippen LogP contribution in [0.5, 0.6) is 0 Å². The molecule has 2 heterocycles. The smallest absolute Gasteiger partial charge is 0.274 e. The molecule has 1 N–H and O–H groups in total. The highest BCUT2D eigenvalue weighted by Crippen LogP contribution is 2.22. The summed E-state index contributed by atoms with van der Waals surface area (Å²) in [4.78, 5) is 21.1. The summed E-state index contributed by atoms with van der Waals surface area (Å²) < 4.78 is 1.70. The van der Waals surface area contributed by atoms with Crippen molar-refractivity contribution < 1.29 is 4.79 Å². The molecule has 2 aromatic heterocycles. The Balaban J connectivity index is 1.91. The summed E-state index contributed by atoms with van der Waals surface area (Å²) in [6, 6.07) is 11.5. The Kier molecular flexibility index (Phi) is 5.96. The molecule has 1 atom stereocenters. The van der Waals surface area contributed by atoms with E-state index in [0.717, 1.165) is 17.8 Å². The van der Waals surface area contributed by atoms with E-state index in [1.807, 2.05) is 44.2 Å². The minimum atomic E-state index is -0.217. The van der Waals surface area contributed by atoms with Gasteiger partial charge in [-0.2, -0.15) is 0 Å². The third-order valence-corrected chi connectivity index (χ3v) is 4.74. The minimum absolute atomic E-state index is 0.0716. The number of carbonyl (C=O) groups excluding carboxylic acids is 1. The number of aromatic nitrogens is 5. The van der Waals surface area contributed by atoms with Crippen molar-refractivity contribution in [1.82, 2.24) is 30.3 Å². The second kappa shape index (κ2) is 8.57. The first-order valence-electron chi connectivity index (χ1n) is 8.39. The van der Waals surface area contributed by atoms with Gasteiger partial charge in [0.15, 0.2) is 10.9 Å². The lowest BCUT2D eigenvalue weighted by molar-refractivity contribution is 0.0933. The molecule has 0 bridgehead atoms. The zero-order valence-corrected chi connectivity index (χ0v) is 15.5. The molecule has 0 saturated carbocycles. The zero-order chi connectivity index (χ0) is 18.4. The van der Waals surface area contributed by atoms with Gasteiger partial charge in [-0.25, -0.2) is 14.6 Å². The third-order valence-electron chi connectivity index (χ3n) is 3.85. The Morgan fingerprint density at radius 3 is 2.62 bits per heavy atom.